The predicted molar refractivity (Wildman–Crippen MR) is 84.5 cm³/mol. The third kappa shape index (κ3) is 5.57. The van der Waals surface area contributed by atoms with Crippen molar-refractivity contribution >= 4 is 5.91 Å². The normalized spacial score (nSPS) is 10.7. The van der Waals surface area contributed by atoms with Crippen LogP contribution in [0.25, 0.3) is 0 Å². The molecule has 6 heteroatoms. The average molecular weight is 302 g/mol. The summed E-state index contributed by atoms with van der Waals surface area (Å²) in [6.07, 6.45) is 3.75. The van der Waals surface area contributed by atoms with Crippen LogP contribution in [0.15, 0.2) is 42.7 Å². The quantitative estimate of drug-likeness (QED) is 0.741. The smallest absolute Gasteiger partial charge is 0.234 e. The van der Waals surface area contributed by atoms with Gasteiger partial charge in [-0.05, 0) is 19.2 Å². The summed E-state index contributed by atoms with van der Waals surface area (Å²) in [5.74, 6) is 0.800. The van der Waals surface area contributed by atoms with Gasteiger partial charge in [-0.15, -0.1) is 0 Å². The second-order valence-corrected chi connectivity index (χ2v) is 5.21. The highest BCUT2D eigenvalue weighted by Crippen LogP contribution is 2.07. The van der Waals surface area contributed by atoms with Gasteiger partial charge in [0, 0.05) is 25.4 Å². The van der Waals surface area contributed by atoms with Gasteiger partial charge in [0.05, 0.1) is 19.3 Å². The number of hydrogen-bond acceptors (Lipinski definition) is 4. The molecule has 22 heavy (non-hydrogen) atoms. The molecule has 1 N–H and O–H groups in total. The van der Waals surface area contributed by atoms with Gasteiger partial charge in [0.2, 0.25) is 5.91 Å². The maximum absolute atomic E-state index is 11.8. The number of ether oxygens (including phenoxy) is 1. The van der Waals surface area contributed by atoms with E-state index in [9.17, 15) is 4.79 Å². The molecule has 6 nitrogen and oxygen atoms in total. The van der Waals surface area contributed by atoms with Crippen molar-refractivity contribution in [3.05, 3.63) is 48.3 Å². The van der Waals surface area contributed by atoms with Crippen molar-refractivity contribution in [3.63, 3.8) is 0 Å². The van der Waals surface area contributed by atoms with Crippen molar-refractivity contribution in [2.45, 2.75) is 6.54 Å². The van der Waals surface area contributed by atoms with Crippen molar-refractivity contribution in [2.24, 2.45) is 7.05 Å². The third-order valence-electron chi connectivity index (χ3n) is 3.06. The summed E-state index contributed by atoms with van der Waals surface area (Å²) in [6, 6.07) is 9.56. The summed E-state index contributed by atoms with van der Waals surface area (Å²) in [6.45, 7) is 2.00. The largest absolute Gasteiger partial charge is 0.492 e. The van der Waals surface area contributed by atoms with E-state index in [1.165, 1.54) is 0 Å². The number of nitrogens with zero attached hydrogens (tertiary/aromatic N) is 3. The highest BCUT2D eigenvalue weighted by molar-refractivity contribution is 5.77. The summed E-state index contributed by atoms with van der Waals surface area (Å²) in [7, 11) is 3.79. The number of nitrogens with one attached hydrogen (secondary N) is 1. The third-order valence-corrected chi connectivity index (χ3v) is 3.06. The molecule has 2 rings (SSSR count). The number of amides is 1. The SMILES string of the molecule is CN(CC(=O)NCCOc1ccccc1)Cc1cnn(C)c1. The number of para-hydroxylation sites is 1. The Bertz CT molecular complexity index is 583. The Morgan fingerprint density at radius 1 is 1.36 bits per heavy atom. The van der Waals surface area contributed by atoms with Gasteiger partial charge in [-0.25, -0.2) is 0 Å². The summed E-state index contributed by atoms with van der Waals surface area (Å²) in [4.78, 5) is 13.8. The van der Waals surface area contributed by atoms with Gasteiger partial charge in [0.1, 0.15) is 12.4 Å². The van der Waals surface area contributed by atoms with Crippen LogP contribution in [-0.2, 0) is 18.4 Å². The van der Waals surface area contributed by atoms with Crippen molar-refractivity contribution < 1.29 is 9.53 Å². The number of carbonyl (C=O) groups is 1. The van der Waals surface area contributed by atoms with E-state index < -0.39 is 0 Å². The molecule has 0 atom stereocenters. The first kappa shape index (κ1) is 16.0. The molecule has 118 valence electrons. The molecule has 1 heterocycles. The summed E-state index contributed by atoms with van der Waals surface area (Å²) in [5.41, 5.74) is 1.09. The van der Waals surface area contributed by atoms with Crippen molar-refractivity contribution in [2.75, 3.05) is 26.7 Å². The first-order valence-electron chi connectivity index (χ1n) is 7.24. The number of carbonyl (C=O) groups excluding carboxylic acids is 1. The summed E-state index contributed by atoms with van der Waals surface area (Å²) >= 11 is 0. The van der Waals surface area contributed by atoms with Gasteiger partial charge in [0.25, 0.3) is 0 Å². The Labute approximate surface area is 130 Å². The summed E-state index contributed by atoms with van der Waals surface area (Å²) < 4.78 is 7.27. The highest BCUT2D eigenvalue weighted by atomic mass is 16.5. The zero-order valence-electron chi connectivity index (χ0n) is 13.0. The molecule has 0 radical (unpaired) electrons. The van der Waals surface area contributed by atoms with Gasteiger partial charge in [0.15, 0.2) is 0 Å². The molecule has 1 amide bonds. The van der Waals surface area contributed by atoms with Gasteiger partial charge in [-0.2, -0.15) is 5.10 Å². The maximum atomic E-state index is 11.8. The number of likely N-dealkylation sites (N-methyl/N-ethyl adjacent to an activating group) is 1. The Morgan fingerprint density at radius 3 is 2.82 bits per heavy atom. The van der Waals surface area contributed by atoms with Crippen LogP contribution >= 0.6 is 0 Å². The zero-order valence-corrected chi connectivity index (χ0v) is 13.0. The fourth-order valence-electron chi connectivity index (χ4n) is 2.10. The Hall–Kier alpha value is -2.34. The van der Waals surface area contributed by atoms with Crippen LogP contribution < -0.4 is 10.1 Å². The first-order chi connectivity index (χ1) is 10.6. The molecule has 0 aliphatic rings. The van der Waals surface area contributed by atoms with Crippen LogP contribution in [0.2, 0.25) is 0 Å². The molecule has 1 aromatic carbocycles. The highest BCUT2D eigenvalue weighted by Gasteiger charge is 2.07. The second-order valence-electron chi connectivity index (χ2n) is 5.21. The molecule has 1 aromatic heterocycles. The van der Waals surface area contributed by atoms with Gasteiger partial charge in [-0.3, -0.25) is 14.4 Å². The molecule has 0 saturated heterocycles. The molecule has 0 saturated carbocycles. The molecule has 0 unspecified atom stereocenters. The lowest BCUT2D eigenvalue weighted by Gasteiger charge is -2.15. The van der Waals surface area contributed by atoms with E-state index in [4.69, 9.17) is 4.74 Å². The number of benzene rings is 1. The lowest BCUT2D eigenvalue weighted by atomic mass is 10.3. The number of rotatable bonds is 8. The Balaban J connectivity index is 1.61. The van der Waals surface area contributed by atoms with Crippen molar-refractivity contribution in [1.29, 1.82) is 0 Å². The fourth-order valence-corrected chi connectivity index (χ4v) is 2.10. The number of aryl methyl sites for hydroxylation is 1. The second kappa shape index (κ2) is 8.19. The number of aromatic nitrogens is 2. The van der Waals surface area contributed by atoms with Crippen LogP contribution in [0.1, 0.15) is 5.56 Å². The predicted octanol–water partition coefficient (Wildman–Crippen LogP) is 1.05. The minimum atomic E-state index is -0.0111. The van der Waals surface area contributed by atoms with Gasteiger partial charge >= 0.3 is 0 Å². The lowest BCUT2D eigenvalue weighted by molar-refractivity contribution is -0.122. The molecular weight excluding hydrogens is 280 g/mol. The Kier molecular flexibility index (Phi) is 5.97. The monoisotopic (exact) mass is 302 g/mol. The van der Waals surface area contributed by atoms with Crippen LogP contribution in [0, 0.1) is 0 Å². The lowest BCUT2D eigenvalue weighted by Crippen LogP contribution is -2.36. The van der Waals surface area contributed by atoms with Crippen LogP contribution in [-0.4, -0.2) is 47.3 Å². The van der Waals surface area contributed by atoms with E-state index in [2.05, 4.69) is 10.4 Å². The molecule has 0 fully saturated rings. The van der Waals surface area contributed by atoms with Crippen LogP contribution in [0.5, 0.6) is 5.75 Å². The molecule has 2 aromatic rings. The van der Waals surface area contributed by atoms with Gasteiger partial charge < -0.3 is 10.1 Å². The molecule has 0 bridgehead atoms. The topological polar surface area (TPSA) is 59.4 Å². The van der Waals surface area contributed by atoms with Crippen LogP contribution in [0.3, 0.4) is 0 Å². The first-order valence-corrected chi connectivity index (χ1v) is 7.24. The fraction of sp³-hybridized carbons (Fsp3) is 0.375. The standard InChI is InChI=1S/C16H22N4O2/c1-19(11-14-10-18-20(2)12-14)13-16(21)17-8-9-22-15-6-4-3-5-7-15/h3-7,10,12H,8-9,11,13H2,1-2H3,(H,17,21). The van der Waals surface area contributed by atoms with Crippen LogP contribution in [0.4, 0.5) is 0 Å². The zero-order chi connectivity index (χ0) is 15.8. The average Bonchev–Trinajstić information content (AvgIpc) is 2.89. The minimum Gasteiger partial charge on any atom is -0.492 e. The minimum absolute atomic E-state index is 0.0111. The van der Waals surface area contributed by atoms with Gasteiger partial charge in [-0.1, -0.05) is 18.2 Å². The van der Waals surface area contributed by atoms with E-state index in [0.29, 0.717) is 26.2 Å². The van der Waals surface area contributed by atoms with E-state index in [1.54, 1.807) is 4.68 Å². The van der Waals surface area contributed by atoms with Crippen molar-refractivity contribution in [1.82, 2.24) is 20.0 Å². The summed E-state index contributed by atoms with van der Waals surface area (Å²) in [5, 5.41) is 6.96. The maximum Gasteiger partial charge on any atom is 0.234 e. The molecule has 0 spiro atoms. The Morgan fingerprint density at radius 2 is 2.14 bits per heavy atom. The van der Waals surface area contributed by atoms with E-state index in [0.717, 1.165) is 11.3 Å². The van der Waals surface area contributed by atoms with E-state index in [-0.39, 0.29) is 5.91 Å². The van der Waals surface area contributed by atoms with Crippen molar-refractivity contribution in [3.8, 4) is 5.75 Å². The molecular formula is C16H22N4O2. The van der Waals surface area contributed by atoms with E-state index in [1.807, 2.05) is 61.7 Å². The number of hydrogen-bond donors (Lipinski definition) is 1. The molecule has 0 aliphatic carbocycles. The van der Waals surface area contributed by atoms with E-state index >= 15 is 0 Å². The molecule has 0 aliphatic heterocycles.